The molecule has 0 saturated heterocycles. The second kappa shape index (κ2) is 6.76. The lowest BCUT2D eigenvalue weighted by Gasteiger charge is -2.13. The van der Waals surface area contributed by atoms with Crippen molar-refractivity contribution in [3.63, 3.8) is 0 Å². The molecule has 0 bridgehead atoms. The van der Waals surface area contributed by atoms with E-state index in [1.165, 1.54) is 18.2 Å². The molecule has 0 unspecified atom stereocenters. The van der Waals surface area contributed by atoms with Crippen LogP contribution in [0.15, 0.2) is 33.8 Å². The Bertz CT molecular complexity index is 873. The number of carbonyl (C=O) groups is 2. The van der Waals surface area contributed by atoms with Gasteiger partial charge in [-0.05, 0) is 31.9 Å². The van der Waals surface area contributed by atoms with Crippen LogP contribution in [0.2, 0.25) is 0 Å². The van der Waals surface area contributed by atoms with Crippen LogP contribution in [0.5, 0.6) is 0 Å². The zero-order valence-electron chi connectivity index (χ0n) is 13.6. The second-order valence-electron chi connectivity index (χ2n) is 5.68. The average Bonchev–Trinajstić information content (AvgIpc) is 2.93. The number of benzene rings is 1. The van der Waals surface area contributed by atoms with Gasteiger partial charge < -0.3 is 15.5 Å². The van der Waals surface area contributed by atoms with Gasteiger partial charge in [0.1, 0.15) is 11.6 Å². The lowest BCUT2D eigenvalue weighted by Crippen LogP contribution is -2.27. The molecule has 130 valence electrons. The number of nitrogens with one attached hydrogen (secondary N) is 2. The maximum Gasteiger partial charge on any atom is 0.332 e. The quantitative estimate of drug-likeness (QED) is 0.745. The van der Waals surface area contributed by atoms with E-state index in [1.807, 2.05) is 0 Å². The number of nitrogens with zero attached hydrogens (tertiary/aromatic N) is 1. The molecule has 0 atom stereocenters. The van der Waals surface area contributed by atoms with Gasteiger partial charge in [0.2, 0.25) is 0 Å². The Labute approximate surface area is 143 Å². The average molecular weight is 344 g/mol. The summed E-state index contributed by atoms with van der Waals surface area (Å²) >= 11 is 0. The predicted molar refractivity (Wildman–Crippen MR) is 90.0 cm³/mol. The van der Waals surface area contributed by atoms with Gasteiger partial charge >= 0.3 is 6.03 Å². The van der Waals surface area contributed by atoms with Gasteiger partial charge in [0.25, 0.3) is 5.91 Å². The number of urea groups is 1. The van der Waals surface area contributed by atoms with Gasteiger partial charge in [0.15, 0.2) is 5.76 Å². The topological polar surface area (TPSA) is 110 Å². The molecule has 0 aliphatic heterocycles. The van der Waals surface area contributed by atoms with Crippen molar-refractivity contribution in [3.8, 4) is 0 Å². The number of nitrogens with two attached hydrogens (primary N) is 1. The van der Waals surface area contributed by atoms with E-state index in [-0.39, 0.29) is 11.4 Å². The Balaban J connectivity index is 1.92. The monoisotopic (exact) mass is 344 g/mol. The van der Waals surface area contributed by atoms with Gasteiger partial charge in [-0.3, -0.25) is 4.79 Å². The number of para-hydroxylation sites is 1. The fourth-order valence-corrected chi connectivity index (χ4v) is 2.86. The van der Waals surface area contributed by atoms with Gasteiger partial charge in [-0.1, -0.05) is 12.1 Å². The first-order valence-corrected chi connectivity index (χ1v) is 7.78. The van der Waals surface area contributed by atoms with Crippen LogP contribution in [0.4, 0.5) is 14.9 Å². The number of anilines is 1. The van der Waals surface area contributed by atoms with Crippen LogP contribution in [0.25, 0.3) is 0 Å². The Morgan fingerprint density at radius 2 is 2.04 bits per heavy atom. The van der Waals surface area contributed by atoms with Crippen LogP contribution >= 0.6 is 0 Å². The van der Waals surface area contributed by atoms with Crippen LogP contribution in [-0.4, -0.2) is 17.6 Å². The minimum absolute atomic E-state index is 0.0746. The minimum Gasteiger partial charge on any atom is -0.455 e. The SMILES string of the molecule is Cc1c(C(=O)Nc2ccccc2F)oc2c1/C(=N/NC(N)=O)CCC2. The molecule has 3 rings (SSSR count). The smallest absolute Gasteiger partial charge is 0.332 e. The molecule has 4 N–H and O–H groups in total. The Kier molecular flexibility index (Phi) is 4.51. The molecule has 0 saturated carbocycles. The fraction of sp³-hybridized carbons (Fsp3) is 0.235. The molecule has 1 aliphatic carbocycles. The molecule has 2 aromatic rings. The number of hydrogen-bond acceptors (Lipinski definition) is 4. The van der Waals surface area contributed by atoms with Crippen LogP contribution < -0.4 is 16.5 Å². The molecule has 1 aliphatic rings. The zero-order valence-corrected chi connectivity index (χ0v) is 13.6. The van der Waals surface area contributed by atoms with Crippen molar-refractivity contribution in [1.82, 2.24) is 5.43 Å². The number of hydrogen-bond donors (Lipinski definition) is 3. The maximum atomic E-state index is 13.7. The number of hydrazone groups is 1. The number of amides is 3. The highest BCUT2D eigenvalue weighted by atomic mass is 19.1. The summed E-state index contributed by atoms with van der Waals surface area (Å²) in [6.45, 7) is 1.73. The van der Waals surface area contributed by atoms with Crippen molar-refractivity contribution in [2.75, 3.05) is 5.32 Å². The lowest BCUT2D eigenvalue weighted by atomic mass is 9.93. The third kappa shape index (κ3) is 3.37. The van der Waals surface area contributed by atoms with E-state index < -0.39 is 17.8 Å². The van der Waals surface area contributed by atoms with Crippen LogP contribution in [-0.2, 0) is 6.42 Å². The molecule has 0 fully saturated rings. The van der Waals surface area contributed by atoms with Gasteiger partial charge in [0.05, 0.1) is 11.4 Å². The molecular formula is C17H17FN4O3. The summed E-state index contributed by atoms with van der Waals surface area (Å²) in [5.41, 5.74) is 9.21. The van der Waals surface area contributed by atoms with Gasteiger partial charge in [-0.15, -0.1) is 0 Å². The summed E-state index contributed by atoms with van der Waals surface area (Å²) in [5.74, 6) is -0.355. The molecular weight excluding hydrogens is 327 g/mol. The number of rotatable bonds is 3. The van der Waals surface area contributed by atoms with Crippen molar-refractivity contribution >= 4 is 23.3 Å². The predicted octanol–water partition coefficient (Wildman–Crippen LogP) is 2.69. The zero-order chi connectivity index (χ0) is 18.0. The van der Waals surface area contributed by atoms with Gasteiger partial charge in [-0.2, -0.15) is 5.10 Å². The summed E-state index contributed by atoms with van der Waals surface area (Å²) < 4.78 is 19.4. The first kappa shape index (κ1) is 16.7. The second-order valence-corrected chi connectivity index (χ2v) is 5.68. The van der Waals surface area contributed by atoms with Gasteiger partial charge in [0, 0.05) is 17.5 Å². The van der Waals surface area contributed by atoms with E-state index >= 15 is 0 Å². The van der Waals surface area contributed by atoms with Gasteiger partial charge in [-0.25, -0.2) is 14.6 Å². The summed E-state index contributed by atoms with van der Waals surface area (Å²) in [6, 6.07) is 5.12. The number of carbonyl (C=O) groups excluding carboxylic acids is 2. The molecule has 1 heterocycles. The van der Waals surface area contributed by atoms with E-state index in [4.69, 9.17) is 10.2 Å². The molecule has 7 nitrogen and oxygen atoms in total. The molecule has 0 spiro atoms. The summed E-state index contributed by atoms with van der Waals surface area (Å²) in [5, 5.41) is 6.50. The fourth-order valence-electron chi connectivity index (χ4n) is 2.86. The maximum absolute atomic E-state index is 13.7. The Hall–Kier alpha value is -3.16. The van der Waals surface area contributed by atoms with Crippen molar-refractivity contribution in [3.05, 3.63) is 52.7 Å². The number of primary amides is 1. The molecule has 3 amide bonds. The van der Waals surface area contributed by atoms with Crippen molar-refractivity contribution < 1.29 is 18.4 Å². The standard InChI is InChI=1S/C17H17FN4O3/c1-9-14-12(21-22-17(19)24)7-4-8-13(14)25-15(9)16(23)20-11-6-3-2-5-10(11)18/h2-3,5-6H,4,7-8H2,1H3,(H,20,23)(H3,19,22,24)/b21-12+. The summed E-state index contributed by atoms with van der Waals surface area (Å²) in [6.07, 6.45) is 2.05. The van der Waals surface area contributed by atoms with E-state index in [1.54, 1.807) is 13.0 Å². The number of halogens is 1. The molecule has 25 heavy (non-hydrogen) atoms. The number of aryl methyl sites for hydroxylation is 1. The third-order valence-corrected chi connectivity index (χ3v) is 3.96. The Morgan fingerprint density at radius 3 is 2.76 bits per heavy atom. The van der Waals surface area contributed by atoms with Crippen molar-refractivity contribution in [2.24, 2.45) is 10.8 Å². The Morgan fingerprint density at radius 1 is 1.28 bits per heavy atom. The van der Waals surface area contributed by atoms with E-state index in [0.717, 1.165) is 6.42 Å². The molecule has 8 heteroatoms. The molecule has 0 radical (unpaired) electrons. The van der Waals surface area contributed by atoms with E-state index in [0.29, 0.717) is 35.4 Å². The highest BCUT2D eigenvalue weighted by molar-refractivity contribution is 6.09. The summed E-state index contributed by atoms with van der Waals surface area (Å²) in [4.78, 5) is 23.3. The summed E-state index contributed by atoms with van der Waals surface area (Å²) in [7, 11) is 0. The van der Waals surface area contributed by atoms with Crippen LogP contribution in [0.1, 0.15) is 40.3 Å². The number of furan rings is 1. The highest BCUT2D eigenvalue weighted by Gasteiger charge is 2.28. The minimum atomic E-state index is -0.765. The first-order chi connectivity index (χ1) is 12.0. The van der Waals surface area contributed by atoms with E-state index in [9.17, 15) is 14.0 Å². The van der Waals surface area contributed by atoms with Crippen molar-refractivity contribution in [2.45, 2.75) is 26.2 Å². The van der Waals surface area contributed by atoms with Crippen LogP contribution in [0.3, 0.4) is 0 Å². The molecule has 1 aromatic heterocycles. The lowest BCUT2D eigenvalue weighted by molar-refractivity contribution is 0.0993. The van der Waals surface area contributed by atoms with Crippen molar-refractivity contribution in [1.29, 1.82) is 0 Å². The largest absolute Gasteiger partial charge is 0.455 e. The van der Waals surface area contributed by atoms with E-state index in [2.05, 4.69) is 15.8 Å². The number of fused-ring (bicyclic) bond motifs is 1. The van der Waals surface area contributed by atoms with Crippen LogP contribution in [0, 0.1) is 12.7 Å². The normalized spacial score (nSPS) is 14.9. The highest BCUT2D eigenvalue weighted by Crippen LogP contribution is 2.30. The molecule has 1 aromatic carbocycles. The first-order valence-electron chi connectivity index (χ1n) is 7.78. The third-order valence-electron chi connectivity index (χ3n) is 3.96.